The van der Waals surface area contributed by atoms with Gasteiger partial charge in [0.15, 0.2) is 5.78 Å². The highest BCUT2D eigenvalue weighted by Gasteiger charge is 2.18. The number of ketones is 1. The van der Waals surface area contributed by atoms with Gasteiger partial charge in [0.05, 0.1) is 0 Å². The highest BCUT2D eigenvalue weighted by molar-refractivity contribution is 6.03. The van der Waals surface area contributed by atoms with E-state index in [1.54, 1.807) is 0 Å². The Hall–Kier alpha value is -1.31. The van der Waals surface area contributed by atoms with Crippen LogP contribution in [0.2, 0.25) is 0 Å². The zero-order valence-electron chi connectivity index (χ0n) is 7.98. The van der Waals surface area contributed by atoms with Gasteiger partial charge in [0.2, 0.25) is 0 Å². The van der Waals surface area contributed by atoms with Crippen molar-refractivity contribution in [2.75, 3.05) is 11.9 Å². The minimum atomic E-state index is 0.261. The average Bonchev–Trinajstić information content (AvgIpc) is 2.12. The van der Waals surface area contributed by atoms with Gasteiger partial charge in [-0.15, -0.1) is 0 Å². The third-order valence-corrected chi connectivity index (χ3v) is 2.69. The van der Waals surface area contributed by atoms with Crippen LogP contribution in [0.1, 0.15) is 27.9 Å². The van der Waals surface area contributed by atoms with Crippen LogP contribution in [0, 0.1) is 13.8 Å². The molecule has 0 saturated carbocycles. The summed E-state index contributed by atoms with van der Waals surface area (Å²) in [5.41, 5.74) is 4.33. The number of rotatable bonds is 0. The fraction of sp³-hybridized carbons (Fsp3) is 0.364. The summed E-state index contributed by atoms with van der Waals surface area (Å²) in [5, 5.41) is 3.28. The molecule has 0 bridgehead atoms. The maximum Gasteiger partial charge on any atom is 0.166 e. The molecule has 0 saturated heterocycles. The second kappa shape index (κ2) is 2.87. The molecule has 1 aromatic rings. The topological polar surface area (TPSA) is 29.1 Å². The Balaban J connectivity index is 2.63. The molecule has 1 aliphatic heterocycles. The molecule has 1 aromatic carbocycles. The fourth-order valence-electron chi connectivity index (χ4n) is 1.71. The van der Waals surface area contributed by atoms with E-state index in [2.05, 4.69) is 19.2 Å². The molecule has 1 heterocycles. The Labute approximate surface area is 78.0 Å². The lowest BCUT2D eigenvalue weighted by atomic mass is 9.96. The van der Waals surface area contributed by atoms with Crippen LogP contribution in [0.4, 0.5) is 5.69 Å². The molecule has 68 valence electrons. The van der Waals surface area contributed by atoms with Gasteiger partial charge in [0.25, 0.3) is 0 Å². The second-order valence-corrected chi connectivity index (χ2v) is 3.53. The molecule has 0 spiro atoms. The van der Waals surface area contributed by atoms with Gasteiger partial charge >= 0.3 is 0 Å². The van der Waals surface area contributed by atoms with E-state index in [4.69, 9.17) is 0 Å². The van der Waals surface area contributed by atoms with Crippen LogP contribution in [-0.4, -0.2) is 12.3 Å². The molecule has 0 aliphatic carbocycles. The molecule has 0 radical (unpaired) electrons. The number of hydrogen-bond donors (Lipinski definition) is 1. The van der Waals surface area contributed by atoms with Crippen molar-refractivity contribution in [1.82, 2.24) is 0 Å². The van der Waals surface area contributed by atoms with Crippen molar-refractivity contribution < 1.29 is 4.79 Å². The maximum atomic E-state index is 11.5. The molecule has 0 amide bonds. The third-order valence-electron chi connectivity index (χ3n) is 2.69. The molecule has 0 atom stereocenters. The lowest BCUT2D eigenvalue weighted by molar-refractivity contribution is 0.0983. The van der Waals surface area contributed by atoms with E-state index in [0.717, 1.165) is 17.8 Å². The molecule has 2 rings (SSSR count). The van der Waals surface area contributed by atoms with Crippen molar-refractivity contribution in [3.8, 4) is 0 Å². The Morgan fingerprint density at radius 3 is 2.85 bits per heavy atom. The van der Waals surface area contributed by atoms with E-state index < -0.39 is 0 Å². The number of fused-ring (bicyclic) bond motifs is 1. The van der Waals surface area contributed by atoms with Crippen LogP contribution in [0.15, 0.2) is 12.1 Å². The van der Waals surface area contributed by atoms with E-state index in [9.17, 15) is 4.79 Å². The van der Waals surface area contributed by atoms with E-state index >= 15 is 0 Å². The smallest absolute Gasteiger partial charge is 0.166 e. The molecule has 1 aliphatic rings. The van der Waals surface area contributed by atoms with Crippen LogP contribution in [0.25, 0.3) is 0 Å². The molecule has 13 heavy (non-hydrogen) atoms. The van der Waals surface area contributed by atoms with Crippen LogP contribution >= 0.6 is 0 Å². The molecule has 0 fully saturated rings. The molecule has 0 unspecified atom stereocenters. The van der Waals surface area contributed by atoms with Gasteiger partial charge in [0, 0.05) is 24.2 Å². The third kappa shape index (κ3) is 1.22. The maximum absolute atomic E-state index is 11.5. The summed E-state index contributed by atoms with van der Waals surface area (Å²) < 4.78 is 0. The molecule has 2 heteroatoms. The van der Waals surface area contributed by atoms with E-state index in [1.165, 1.54) is 11.1 Å². The molecular formula is C11H13NO. The number of hydrogen-bond acceptors (Lipinski definition) is 2. The Morgan fingerprint density at radius 1 is 1.31 bits per heavy atom. The fourth-order valence-corrected chi connectivity index (χ4v) is 1.71. The lowest BCUT2D eigenvalue weighted by Crippen LogP contribution is -2.19. The standard InChI is InChI=1S/C11H13NO/c1-7-3-4-9-10(13)5-6-12-11(9)8(7)2/h3-4,12H,5-6H2,1-2H3. The summed E-state index contributed by atoms with van der Waals surface area (Å²) in [6.07, 6.45) is 0.621. The molecule has 2 nitrogen and oxygen atoms in total. The van der Waals surface area contributed by atoms with Gasteiger partial charge in [-0.3, -0.25) is 4.79 Å². The first-order valence-corrected chi connectivity index (χ1v) is 4.57. The zero-order chi connectivity index (χ0) is 9.42. The monoisotopic (exact) mass is 175 g/mol. The molecule has 0 aromatic heterocycles. The van der Waals surface area contributed by atoms with Gasteiger partial charge in [-0.05, 0) is 31.0 Å². The molecular weight excluding hydrogens is 162 g/mol. The van der Waals surface area contributed by atoms with E-state index in [1.807, 2.05) is 12.1 Å². The number of anilines is 1. The number of benzene rings is 1. The van der Waals surface area contributed by atoms with E-state index in [-0.39, 0.29) is 5.78 Å². The largest absolute Gasteiger partial charge is 0.384 e. The minimum absolute atomic E-state index is 0.261. The Bertz CT molecular complexity index is 369. The Morgan fingerprint density at radius 2 is 2.08 bits per heavy atom. The number of carbonyl (C=O) groups excluding carboxylic acids is 1. The van der Waals surface area contributed by atoms with Gasteiger partial charge in [-0.2, -0.15) is 0 Å². The quantitative estimate of drug-likeness (QED) is 0.655. The number of nitrogens with one attached hydrogen (secondary N) is 1. The van der Waals surface area contributed by atoms with Crippen LogP contribution in [0.3, 0.4) is 0 Å². The second-order valence-electron chi connectivity index (χ2n) is 3.53. The van der Waals surface area contributed by atoms with Crippen LogP contribution in [-0.2, 0) is 0 Å². The highest BCUT2D eigenvalue weighted by atomic mass is 16.1. The first kappa shape index (κ1) is 8.30. The summed E-state index contributed by atoms with van der Waals surface area (Å²) in [4.78, 5) is 11.5. The summed E-state index contributed by atoms with van der Waals surface area (Å²) in [7, 11) is 0. The predicted octanol–water partition coefficient (Wildman–Crippen LogP) is 2.30. The SMILES string of the molecule is Cc1ccc2c(c1C)NCCC2=O. The van der Waals surface area contributed by atoms with Crippen molar-refractivity contribution in [3.63, 3.8) is 0 Å². The summed E-state index contributed by atoms with van der Waals surface area (Å²) >= 11 is 0. The number of Topliss-reactive ketones (excluding diaryl/α,β-unsaturated/α-hetero) is 1. The van der Waals surface area contributed by atoms with Crippen molar-refractivity contribution in [2.24, 2.45) is 0 Å². The van der Waals surface area contributed by atoms with Crippen LogP contribution < -0.4 is 5.32 Å². The van der Waals surface area contributed by atoms with Gasteiger partial charge in [-0.25, -0.2) is 0 Å². The predicted molar refractivity (Wildman–Crippen MR) is 53.4 cm³/mol. The van der Waals surface area contributed by atoms with Crippen LogP contribution in [0.5, 0.6) is 0 Å². The first-order chi connectivity index (χ1) is 6.20. The van der Waals surface area contributed by atoms with Gasteiger partial charge in [-0.1, -0.05) is 6.07 Å². The normalized spacial score (nSPS) is 15.1. The van der Waals surface area contributed by atoms with Crippen molar-refractivity contribution in [2.45, 2.75) is 20.3 Å². The first-order valence-electron chi connectivity index (χ1n) is 4.57. The number of aryl methyl sites for hydroxylation is 1. The molecule has 1 N–H and O–H groups in total. The lowest BCUT2D eigenvalue weighted by Gasteiger charge is -2.20. The highest BCUT2D eigenvalue weighted by Crippen LogP contribution is 2.27. The van der Waals surface area contributed by atoms with E-state index in [0.29, 0.717) is 6.42 Å². The van der Waals surface area contributed by atoms with Gasteiger partial charge < -0.3 is 5.32 Å². The van der Waals surface area contributed by atoms with Crippen molar-refractivity contribution in [3.05, 3.63) is 28.8 Å². The van der Waals surface area contributed by atoms with Gasteiger partial charge in [0.1, 0.15) is 0 Å². The minimum Gasteiger partial charge on any atom is -0.384 e. The summed E-state index contributed by atoms with van der Waals surface area (Å²) in [5.74, 6) is 0.261. The number of carbonyl (C=O) groups is 1. The summed E-state index contributed by atoms with van der Waals surface area (Å²) in [6, 6.07) is 3.94. The van der Waals surface area contributed by atoms with Crippen molar-refractivity contribution >= 4 is 11.5 Å². The average molecular weight is 175 g/mol. The Kier molecular flexibility index (Phi) is 1.83. The van der Waals surface area contributed by atoms with Crippen molar-refractivity contribution in [1.29, 1.82) is 0 Å². The zero-order valence-corrected chi connectivity index (χ0v) is 7.98. The summed E-state index contributed by atoms with van der Waals surface area (Å²) in [6.45, 7) is 4.90.